The van der Waals surface area contributed by atoms with Crippen molar-refractivity contribution in [1.29, 1.82) is 0 Å². The summed E-state index contributed by atoms with van der Waals surface area (Å²) >= 11 is 0. The SMILES string of the molecule is COc1ccc2[nH]c(=O)[nH]c3ccc(OC)c4ccc(cc34)c3ccc4c(OC)ccc([nH]c(=O)[nH]c5ccc(OC)c6ccc(cc56)c5ccc1c2c5)c4c3. The molecule has 0 saturated carbocycles. The third-order valence-electron chi connectivity index (χ3n) is 10.4. The Balaban J connectivity index is 1.48. The summed E-state index contributed by atoms with van der Waals surface area (Å²) in [6.07, 6.45) is 0. The van der Waals surface area contributed by atoms with E-state index in [2.05, 4.69) is 19.9 Å². The van der Waals surface area contributed by atoms with Crippen LogP contribution in [-0.2, 0) is 0 Å². The van der Waals surface area contributed by atoms with Gasteiger partial charge in [0.05, 0.1) is 50.5 Å². The van der Waals surface area contributed by atoms with Gasteiger partial charge in [0.25, 0.3) is 0 Å². The fourth-order valence-electron chi connectivity index (χ4n) is 7.70. The largest absolute Gasteiger partial charge is 0.496 e. The van der Waals surface area contributed by atoms with Gasteiger partial charge in [-0.25, -0.2) is 9.59 Å². The molecule has 0 aliphatic carbocycles. The van der Waals surface area contributed by atoms with Crippen molar-refractivity contribution in [3.63, 3.8) is 0 Å². The predicted octanol–water partition coefficient (Wildman–Crippen LogP) is 9.79. The van der Waals surface area contributed by atoms with Gasteiger partial charge in [0.1, 0.15) is 23.0 Å². The van der Waals surface area contributed by atoms with E-state index in [9.17, 15) is 9.59 Å². The van der Waals surface area contributed by atoms with E-state index in [0.717, 1.165) is 64.6 Å². The van der Waals surface area contributed by atoms with Gasteiger partial charge in [0.15, 0.2) is 0 Å². The van der Waals surface area contributed by atoms with Gasteiger partial charge in [0.2, 0.25) is 0 Å². The Hall–Kier alpha value is -7.46. The second kappa shape index (κ2) is 13.7. The number of hydrogen-bond acceptors (Lipinski definition) is 6. The second-order valence-corrected chi connectivity index (χ2v) is 13.5. The van der Waals surface area contributed by atoms with Crippen molar-refractivity contribution in [2.75, 3.05) is 28.4 Å². The summed E-state index contributed by atoms with van der Waals surface area (Å²) in [5.41, 5.74) is 1.59. The smallest absolute Gasteiger partial charge is 0.323 e. The minimum atomic E-state index is -0.410. The summed E-state index contributed by atoms with van der Waals surface area (Å²) in [6, 6.07) is 38.8. The van der Waals surface area contributed by atoms with Crippen molar-refractivity contribution < 1.29 is 18.9 Å². The van der Waals surface area contributed by atoms with Crippen LogP contribution in [-0.4, -0.2) is 48.4 Å². The molecular weight excluding hydrogens is 705 g/mol. The van der Waals surface area contributed by atoms with Crippen molar-refractivity contribution >= 4 is 86.7 Å². The van der Waals surface area contributed by atoms with Crippen molar-refractivity contribution in [3.8, 4) is 23.0 Å². The Morgan fingerprint density at radius 3 is 0.750 bits per heavy atom. The Kier molecular flexibility index (Phi) is 8.43. The molecule has 0 spiro atoms. The Labute approximate surface area is 318 Å². The zero-order chi connectivity index (χ0) is 38.5. The Morgan fingerprint density at radius 1 is 0.304 bits per heavy atom. The number of ether oxygens (including phenoxy) is 4. The molecule has 10 heteroatoms. The van der Waals surface area contributed by atoms with Crippen LogP contribution in [0, 0.1) is 0 Å². The van der Waals surface area contributed by atoms with Crippen LogP contribution in [0.25, 0.3) is 86.7 Å². The molecular formula is C46H36N4O6. The van der Waals surface area contributed by atoms with Crippen LogP contribution in [0.2, 0.25) is 0 Å². The average molecular weight is 741 g/mol. The van der Waals surface area contributed by atoms with E-state index in [4.69, 9.17) is 18.9 Å². The highest BCUT2D eigenvalue weighted by atomic mass is 16.5. The van der Waals surface area contributed by atoms with Crippen LogP contribution >= 0.6 is 0 Å². The minimum Gasteiger partial charge on any atom is -0.496 e. The number of aromatic amines is 4. The summed E-state index contributed by atoms with van der Waals surface area (Å²) in [5.74, 6) is 2.69. The molecule has 1 heterocycles. The van der Waals surface area contributed by atoms with Gasteiger partial charge in [0, 0.05) is 43.1 Å². The van der Waals surface area contributed by atoms with Gasteiger partial charge >= 0.3 is 11.4 Å². The first-order valence-electron chi connectivity index (χ1n) is 18.0. The molecule has 10 nitrogen and oxygen atoms in total. The maximum atomic E-state index is 13.9. The quantitative estimate of drug-likeness (QED) is 0.142. The zero-order valence-electron chi connectivity index (χ0n) is 31.0. The maximum Gasteiger partial charge on any atom is 0.323 e. The summed E-state index contributed by atoms with van der Waals surface area (Å²) in [6.45, 7) is 0. The monoisotopic (exact) mass is 740 g/mol. The molecule has 0 atom stereocenters. The number of rotatable bonds is 4. The standard InChI is InChI=1S/C46H36N4O6/c1-53-41-17-13-37-33-21-25(5-9-29(33)41)26-6-10-30-34(22-26)39(15-19-42(30)54-2)49-46(52)50-40-16-20-44(56-4)32-12-8-28(24-36(32)40)27-7-11-31-35(23-27)38(48-45(51)47-37)14-18-43(31)55-3/h5-24H,1-4H3,(H2,47,48,51)(H2,49,50,52). The van der Waals surface area contributed by atoms with E-state index >= 15 is 0 Å². The zero-order valence-corrected chi connectivity index (χ0v) is 31.0. The van der Waals surface area contributed by atoms with Gasteiger partial charge in [-0.2, -0.15) is 0 Å². The lowest BCUT2D eigenvalue weighted by molar-refractivity contribution is 0.420. The molecule has 0 unspecified atom stereocenters. The van der Waals surface area contributed by atoms with Crippen LogP contribution in [0.4, 0.5) is 0 Å². The lowest BCUT2D eigenvalue weighted by atomic mass is 10.0. The fourth-order valence-corrected chi connectivity index (χ4v) is 7.70. The van der Waals surface area contributed by atoms with E-state index < -0.39 is 11.4 Å². The van der Waals surface area contributed by atoms with Crippen LogP contribution in [0.15, 0.2) is 131 Å². The number of aromatic nitrogens is 4. The van der Waals surface area contributed by atoms with Gasteiger partial charge in [-0.15, -0.1) is 0 Å². The highest BCUT2D eigenvalue weighted by Crippen LogP contribution is 2.35. The van der Waals surface area contributed by atoms with Crippen molar-refractivity contribution in [3.05, 3.63) is 142 Å². The molecule has 0 amide bonds. The van der Waals surface area contributed by atoms with Crippen LogP contribution in [0.5, 0.6) is 23.0 Å². The molecule has 0 aliphatic heterocycles. The van der Waals surface area contributed by atoms with Gasteiger partial charge < -0.3 is 38.9 Å². The number of methoxy groups -OCH3 is 4. The minimum absolute atomic E-state index is 0.410. The van der Waals surface area contributed by atoms with Crippen LogP contribution in [0.3, 0.4) is 0 Å². The third kappa shape index (κ3) is 5.84. The highest BCUT2D eigenvalue weighted by molar-refractivity contribution is 6.09. The number of H-pyrrole nitrogens is 4. The Morgan fingerprint density at radius 2 is 0.536 bits per heavy atom. The van der Waals surface area contributed by atoms with Gasteiger partial charge in [-0.3, -0.25) is 0 Å². The highest BCUT2D eigenvalue weighted by Gasteiger charge is 2.10. The first-order chi connectivity index (χ1) is 27.3. The average Bonchev–Trinajstić information content (AvgIpc) is 3.23. The molecule has 4 N–H and O–H groups in total. The molecule has 9 aromatic rings. The summed E-state index contributed by atoms with van der Waals surface area (Å²) < 4.78 is 22.9. The first-order valence-corrected chi connectivity index (χ1v) is 18.0. The summed E-state index contributed by atoms with van der Waals surface area (Å²) in [4.78, 5) is 40.2. The van der Waals surface area contributed by atoms with Gasteiger partial charge in [-0.05, 0) is 119 Å². The predicted molar refractivity (Wildman–Crippen MR) is 227 cm³/mol. The lowest BCUT2D eigenvalue weighted by Crippen LogP contribution is -2.07. The Bertz CT molecular complexity index is 2930. The second-order valence-electron chi connectivity index (χ2n) is 13.5. The normalized spacial score (nSPS) is 11.4. The fraction of sp³-hybridized carbons (Fsp3) is 0.0870. The van der Waals surface area contributed by atoms with E-state index in [1.165, 1.54) is 0 Å². The molecule has 0 saturated heterocycles. The topological polar surface area (TPSA) is 134 Å². The number of benzene rings is 8. The summed E-state index contributed by atoms with van der Waals surface area (Å²) in [7, 11) is 6.50. The van der Waals surface area contributed by atoms with Crippen molar-refractivity contribution in [2.45, 2.75) is 0 Å². The molecule has 1 aromatic heterocycles. The van der Waals surface area contributed by atoms with E-state index in [1.807, 2.05) is 121 Å². The number of hydrogen-bond donors (Lipinski definition) is 4. The first kappa shape index (κ1) is 34.3. The van der Waals surface area contributed by atoms with Crippen molar-refractivity contribution in [1.82, 2.24) is 19.9 Å². The number of nitrogens with one attached hydrogen (secondary N) is 4. The van der Waals surface area contributed by atoms with E-state index in [0.29, 0.717) is 45.1 Å². The maximum absolute atomic E-state index is 13.9. The molecule has 56 heavy (non-hydrogen) atoms. The van der Waals surface area contributed by atoms with E-state index in [1.54, 1.807) is 28.4 Å². The number of fused-ring (bicyclic) bond motifs is 6. The molecule has 276 valence electrons. The molecule has 8 bridgehead atoms. The molecule has 0 radical (unpaired) electrons. The molecule has 8 aromatic carbocycles. The third-order valence-corrected chi connectivity index (χ3v) is 10.4. The summed E-state index contributed by atoms with van der Waals surface area (Å²) in [5, 5.41) is 10.1. The van der Waals surface area contributed by atoms with Crippen LogP contribution in [0.1, 0.15) is 0 Å². The molecule has 0 aliphatic rings. The van der Waals surface area contributed by atoms with Crippen molar-refractivity contribution in [2.24, 2.45) is 0 Å². The van der Waals surface area contributed by atoms with Gasteiger partial charge in [-0.1, -0.05) is 24.3 Å². The lowest BCUT2D eigenvalue weighted by Gasteiger charge is -2.09. The molecule has 9 rings (SSSR count). The van der Waals surface area contributed by atoms with E-state index in [-0.39, 0.29) is 0 Å². The molecule has 0 fully saturated rings. The van der Waals surface area contributed by atoms with Crippen LogP contribution < -0.4 is 30.3 Å².